The number of esters is 1. The quantitative estimate of drug-likeness (QED) is 0.401. The van der Waals surface area contributed by atoms with Crippen molar-refractivity contribution in [2.45, 2.75) is 99.8 Å². The summed E-state index contributed by atoms with van der Waals surface area (Å²) < 4.78 is 5.51. The molecule has 0 heterocycles. The van der Waals surface area contributed by atoms with Gasteiger partial charge in [0.25, 0.3) is 0 Å². The maximum absolute atomic E-state index is 13.4. The van der Waals surface area contributed by atoms with E-state index in [9.17, 15) is 9.59 Å². The average molecular weight is 469 g/mol. The minimum Gasteiger partial charge on any atom is -0.469 e. The van der Waals surface area contributed by atoms with Gasteiger partial charge in [0.15, 0.2) is 5.78 Å². The highest BCUT2D eigenvalue weighted by molar-refractivity contribution is 5.95. The van der Waals surface area contributed by atoms with Crippen molar-refractivity contribution < 1.29 is 14.3 Å². The summed E-state index contributed by atoms with van der Waals surface area (Å²) in [6.07, 6.45) is 13.3. The van der Waals surface area contributed by atoms with Crippen LogP contribution in [0.4, 0.5) is 0 Å². The molecular formula is C31H48O3. The lowest BCUT2D eigenvalue weighted by Crippen LogP contribution is -2.66. The van der Waals surface area contributed by atoms with Crippen LogP contribution in [-0.2, 0) is 14.3 Å². The predicted molar refractivity (Wildman–Crippen MR) is 136 cm³/mol. The minimum atomic E-state index is -0.274. The van der Waals surface area contributed by atoms with Crippen LogP contribution in [0.25, 0.3) is 0 Å². The summed E-state index contributed by atoms with van der Waals surface area (Å²) >= 11 is 0. The fraction of sp³-hybridized carbons (Fsp3) is 0.871. The molecule has 4 fully saturated rings. The van der Waals surface area contributed by atoms with Crippen molar-refractivity contribution in [3.05, 3.63) is 12.2 Å². The van der Waals surface area contributed by atoms with Crippen LogP contribution in [0.15, 0.2) is 12.2 Å². The highest BCUT2D eigenvalue weighted by Gasteiger charge is 2.71. The summed E-state index contributed by atoms with van der Waals surface area (Å²) in [6, 6.07) is 0. The van der Waals surface area contributed by atoms with Crippen LogP contribution in [-0.4, -0.2) is 18.9 Å². The Morgan fingerprint density at radius 1 is 0.912 bits per heavy atom. The van der Waals surface area contributed by atoms with Crippen molar-refractivity contribution in [1.29, 1.82) is 0 Å². The molecule has 5 rings (SSSR count). The van der Waals surface area contributed by atoms with Crippen molar-refractivity contribution in [2.24, 2.45) is 62.6 Å². The molecule has 0 saturated heterocycles. The molecule has 0 amide bonds. The van der Waals surface area contributed by atoms with Crippen LogP contribution in [0.3, 0.4) is 0 Å². The van der Waals surface area contributed by atoms with Gasteiger partial charge >= 0.3 is 5.97 Å². The Morgan fingerprint density at radius 3 is 2.26 bits per heavy atom. The van der Waals surface area contributed by atoms with Crippen molar-refractivity contribution in [2.75, 3.05) is 7.11 Å². The number of hydrogen-bond acceptors (Lipinski definition) is 3. The molecule has 0 aromatic carbocycles. The molecule has 0 aromatic rings. The molecule has 0 aromatic heterocycles. The van der Waals surface area contributed by atoms with Crippen molar-refractivity contribution in [1.82, 2.24) is 0 Å². The molecule has 0 spiro atoms. The monoisotopic (exact) mass is 468 g/mol. The second kappa shape index (κ2) is 7.45. The molecular weight excluding hydrogens is 420 g/mol. The minimum absolute atomic E-state index is 0.0705. The van der Waals surface area contributed by atoms with Gasteiger partial charge in [-0.2, -0.15) is 0 Å². The molecule has 3 heteroatoms. The van der Waals surface area contributed by atoms with Crippen LogP contribution in [0.2, 0.25) is 0 Å². The first kappa shape index (κ1) is 24.6. The second-order valence-electron chi connectivity index (χ2n) is 14.6. The van der Waals surface area contributed by atoms with Gasteiger partial charge in [-0.1, -0.05) is 54.5 Å². The largest absolute Gasteiger partial charge is 0.469 e. The smallest absolute Gasteiger partial charge is 0.312 e. The Bertz CT molecular complexity index is 916. The number of rotatable bonds is 2. The SMILES string of the molecule is COC(=O)[C@]12CC[C@@H](C(C)C)C1C1CC[C@@H]3[C@@]4(C)C=CC(=O)C(C)(C)C4CC[C@@]3(C)[C@]1(C)CC2. The molecule has 0 bridgehead atoms. The number of methoxy groups -OCH3 is 1. The van der Waals surface area contributed by atoms with Gasteiger partial charge in [-0.3, -0.25) is 9.59 Å². The van der Waals surface area contributed by atoms with E-state index >= 15 is 0 Å². The Kier molecular flexibility index (Phi) is 5.38. The Balaban J connectivity index is 1.58. The van der Waals surface area contributed by atoms with Crippen LogP contribution in [0, 0.1) is 62.6 Å². The number of ether oxygens (including phenoxy) is 1. The molecule has 3 unspecified atom stereocenters. The number of ketones is 1. The van der Waals surface area contributed by atoms with Gasteiger partial charge < -0.3 is 4.74 Å². The van der Waals surface area contributed by atoms with Crippen LogP contribution in [0.5, 0.6) is 0 Å². The first-order valence-corrected chi connectivity index (χ1v) is 14.1. The highest BCUT2D eigenvalue weighted by atomic mass is 16.5. The van der Waals surface area contributed by atoms with Gasteiger partial charge in [0, 0.05) is 5.41 Å². The van der Waals surface area contributed by atoms with Gasteiger partial charge in [0.2, 0.25) is 0 Å². The van der Waals surface area contributed by atoms with Crippen molar-refractivity contribution in [3.63, 3.8) is 0 Å². The molecule has 9 atom stereocenters. The number of carbonyl (C=O) groups excluding carboxylic acids is 2. The number of fused-ring (bicyclic) bond motifs is 7. The second-order valence-corrected chi connectivity index (χ2v) is 14.6. The molecule has 5 aliphatic rings. The van der Waals surface area contributed by atoms with Crippen LogP contribution < -0.4 is 0 Å². The van der Waals surface area contributed by atoms with Gasteiger partial charge in [0.05, 0.1) is 12.5 Å². The van der Waals surface area contributed by atoms with Gasteiger partial charge in [-0.05, 0) is 109 Å². The third-order valence-corrected chi connectivity index (χ3v) is 13.2. The summed E-state index contributed by atoms with van der Waals surface area (Å²) in [5.74, 6) is 3.64. The summed E-state index contributed by atoms with van der Waals surface area (Å²) in [5, 5.41) is 0. The van der Waals surface area contributed by atoms with E-state index in [1.165, 1.54) is 25.7 Å². The van der Waals surface area contributed by atoms with E-state index in [2.05, 4.69) is 54.5 Å². The van der Waals surface area contributed by atoms with Crippen molar-refractivity contribution in [3.8, 4) is 0 Å². The fourth-order valence-corrected chi connectivity index (χ4v) is 11.2. The van der Waals surface area contributed by atoms with E-state index in [4.69, 9.17) is 4.74 Å². The summed E-state index contributed by atoms with van der Waals surface area (Å²) in [5.41, 5.74) is -0.0134. The van der Waals surface area contributed by atoms with E-state index in [0.29, 0.717) is 41.3 Å². The van der Waals surface area contributed by atoms with Crippen molar-refractivity contribution >= 4 is 11.8 Å². The van der Waals surface area contributed by atoms with E-state index in [1.54, 1.807) is 7.11 Å². The summed E-state index contributed by atoms with van der Waals surface area (Å²) in [4.78, 5) is 26.2. The summed E-state index contributed by atoms with van der Waals surface area (Å²) in [7, 11) is 1.60. The zero-order valence-corrected chi connectivity index (χ0v) is 23.0. The molecule has 3 nitrogen and oxygen atoms in total. The number of allylic oxidation sites excluding steroid dienone is 2. The maximum Gasteiger partial charge on any atom is 0.312 e. The van der Waals surface area contributed by atoms with E-state index in [1.807, 2.05) is 6.08 Å². The topological polar surface area (TPSA) is 43.4 Å². The lowest BCUT2D eigenvalue weighted by molar-refractivity contribution is -0.224. The number of hydrogen-bond donors (Lipinski definition) is 0. The van der Waals surface area contributed by atoms with Crippen LogP contribution in [0.1, 0.15) is 99.8 Å². The molecule has 0 radical (unpaired) electrons. The third-order valence-electron chi connectivity index (χ3n) is 13.2. The van der Waals surface area contributed by atoms with Crippen LogP contribution >= 0.6 is 0 Å². The Morgan fingerprint density at radius 2 is 1.62 bits per heavy atom. The van der Waals surface area contributed by atoms with Gasteiger partial charge in [-0.25, -0.2) is 0 Å². The normalized spacial score (nSPS) is 51.3. The molecule has 34 heavy (non-hydrogen) atoms. The van der Waals surface area contributed by atoms with E-state index < -0.39 is 0 Å². The fourth-order valence-electron chi connectivity index (χ4n) is 11.2. The molecule has 5 aliphatic carbocycles. The lowest BCUT2D eigenvalue weighted by atomic mass is 9.33. The molecule has 4 saturated carbocycles. The lowest BCUT2D eigenvalue weighted by Gasteiger charge is -2.71. The third kappa shape index (κ3) is 2.76. The summed E-state index contributed by atoms with van der Waals surface area (Å²) in [6.45, 7) is 16.8. The van der Waals surface area contributed by atoms with E-state index in [-0.39, 0.29) is 33.0 Å². The zero-order valence-electron chi connectivity index (χ0n) is 23.0. The van der Waals surface area contributed by atoms with Gasteiger partial charge in [0.1, 0.15) is 0 Å². The van der Waals surface area contributed by atoms with E-state index in [0.717, 1.165) is 25.7 Å². The average Bonchev–Trinajstić information content (AvgIpc) is 3.18. The predicted octanol–water partition coefficient (Wildman–Crippen LogP) is 7.24. The standard InChI is InChI=1S/C31H48O3/c1-19(2)20-11-16-31(26(33)34-8)18-17-29(6)21(25(20)31)9-10-23-28(5)14-13-24(32)27(3,4)22(28)12-15-30(23,29)7/h13-14,19-23,25H,9-12,15-18H2,1-8H3/t20-,21?,22?,23+,25?,28-,29+,30+,31-/m0/s1. The molecule has 190 valence electrons. The number of carbonyl (C=O) groups is 2. The van der Waals surface area contributed by atoms with Gasteiger partial charge in [-0.15, -0.1) is 0 Å². The zero-order chi connectivity index (χ0) is 24.9. The highest BCUT2D eigenvalue weighted by Crippen LogP contribution is 2.76. The maximum atomic E-state index is 13.4. The first-order chi connectivity index (χ1) is 15.8. The Hall–Kier alpha value is -1.12. The molecule has 0 aliphatic heterocycles. The first-order valence-electron chi connectivity index (χ1n) is 14.1. The molecule has 0 N–H and O–H groups in total. The Labute approximate surface area is 207 Å².